The van der Waals surface area contributed by atoms with Crippen LogP contribution in [0.25, 0.3) is 0 Å². The zero-order chi connectivity index (χ0) is 8.27. The Morgan fingerprint density at radius 2 is 2.36 bits per heavy atom. The molecular weight excluding hydrogens is 142 g/mol. The topological polar surface area (TPSA) is 49.3 Å². The predicted octanol–water partition coefficient (Wildman–Crippen LogP) is 0.974. The summed E-state index contributed by atoms with van der Waals surface area (Å²) in [5.41, 5.74) is 0. The van der Waals surface area contributed by atoms with Crippen molar-refractivity contribution >= 4 is 5.91 Å². The molecule has 0 aromatic rings. The first-order valence-corrected chi connectivity index (χ1v) is 3.83. The van der Waals surface area contributed by atoms with E-state index in [1.165, 1.54) is 25.8 Å². The van der Waals surface area contributed by atoms with Gasteiger partial charge in [0.15, 0.2) is 0 Å². The molecule has 0 radical (unpaired) electrons. The first-order chi connectivity index (χ1) is 5.18. The Kier molecular flexibility index (Phi) is 2.52. The van der Waals surface area contributed by atoms with Crippen LogP contribution in [0.2, 0.25) is 0 Å². The molecule has 0 heterocycles. The van der Waals surface area contributed by atoms with Crippen molar-refractivity contribution in [2.75, 3.05) is 6.54 Å². The van der Waals surface area contributed by atoms with Crippen molar-refractivity contribution in [1.29, 1.82) is 0 Å². The molecule has 3 heteroatoms. The van der Waals surface area contributed by atoms with Crippen molar-refractivity contribution in [3.8, 4) is 0 Å². The summed E-state index contributed by atoms with van der Waals surface area (Å²) in [6, 6.07) is 0. The van der Waals surface area contributed by atoms with Crippen molar-refractivity contribution in [3.05, 3.63) is 11.8 Å². The summed E-state index contributed by atoms with van der Waals surface area (Å²) in [7, 11) is 0. The van der Waals surface area contributed by atoms with Gasteiger partial charge in [-0.15, -0.1) is 0 Å². The van der Waals surface area contributed by atoms with Crippen LogP contribution in [0.5, 0.6) is 0 Å². The Hall–Kier alpha value is -0.990. The highest BCUT2D eigenvalue weighted by Crippen LogP contribution is 2.27. The van der Waals surface area contributed by atoms with Crippen LogP contribution in [-0.4, -0.2) is 17.6 Å². The molecule has 1 fully saturated rings. The van der Waals surface area contributed by atoms with Crippen LogP contribution in [0.1, 0.15) is 19.8 Å². The number of carbonyl (C=O) groups is 1. The van der Waals surface area contributed by atoms with E-state index >= 15 is 0 Å². The predicted molar refractivity (Wildman–Crippen MR) is 42.1 cm³/mol. The first kappa shape index (κ1) is 8.11. The molecule has 1 saturated carbocycles. The SMILES string of the molecule is CC(O)=CC(=O)NCC1CC1. The molecule has 0 unspecified atom stereocenters. The van der Waals surface area contributed by atoms with Crippen molar-refractivity contribution in [3.63, 3.8) is 0 Å². The molecule has 2 N–H and O–H groups in total. The fourth-order valence-electron chi connectivity index (χ4n) is 0.808. The molecule has 1 rings (SSSR count). The normalized spacial score (nSPS) is 18.1. The highest BCUT2D eigenvalue weighted by atomic mass is 16.3. The fraction of sp³-hybridized carbons (Fsp3) is 0.625. The molecule has 0 atom stereocenters. The van der Waals surface area contributed by atoms with Gasteiger partial charge in [-0.1, -0.05) is 0 Å². The molecule has 0 aromatic carbocycles. The summed E-state index contributed by atoms with van der Waals surface area (Å²) in [4.78, 5) is 10.8. The second-order valence-electron chi connectivity index (χ2n) is 2.97. The van der Waals surface area contributed by atoms with E-state index < -0.39 is 0 Å². The monoisotopic (exact) mass is 155 g/mol. The van der Waals surface area contributed by atoms with Gasteiger partial charge in [-0.25, -0.2) is 0 Å². The van der Waals surface area contributed by atoms with E-state index in [0.717, 1.165) is 6.54 Å². The van der Waals surface area contributed by atoms with E-state index in [1.54, 1.807) is 0 Å². The molecule has 0 saturated heterocycles. The van der Waals surface area contributed by atoms with Gasteiger partial charge in [0.05, 0.1) is 5.76 Å². The Bertz CT molecular complexity index is 179. The molecular formula is C8H13NO2. The summed E-state index contributed by atoms with van der Waals surface area (Å²) in [5, 5.41) is 11.4. The summed E-state index contributed by atoms with van der Waals surface area (Å²) in [6.07, 6.45) is 3.65. The second-order valence-corrected chi connectivity index (χ2v) is 2.97. The number of rotatable bonds is 3. The van der Waals surface area contributed by atoms with Gasteiger partial charge in [0.25, 0.3) is 0 Å². The standard InChI is InChI=1S/C8H13NO2/c1-6(10)4-8(11)9-5-7-2-3-7/h4,7,10H,2-3,5H2,1H3,(H,9,11). The Morgan fingerprint density at radius 3 is 2.82 bits per heavy atom. The molecule has 1 aliphatic rings. The molecule has 1 amide bonds. The number of aliphatic hydroxyl groups is 1. The Morgan fingerprint density at radius 1 is 1.73 bits per heavy atom. The molecule has 0 spiro atoms. The molecule has 1 aliphatic carbocycles. The maximum Gasteiger partial charge on any atom is 0.247 e. The quantitative estimate of drug-likeness (QED) is 0.471. The van der Waals surface area contributed by atoms with Crippen LogP contribution in [0, 0.1) is 5.92 Å². The minimum atomic E-state index is -0.197. The Balaban J connectivity index is 2.14. The minimum Gasteiger partial charge on any atom is -0.512 e. The first-order valence-electron chi connectivity index (χ1n) is 3.83. The van der Waals surface area contributed by atoms with Gasteiger partial charge in [0.2, 0.25) is 5.91 Å². The number of amides is 1. The number of hydrogen-bond donors (Lipinski definition) is 2. The average Bonchev–Trinajstić information content (AvgIpc) is 2.63. The van der Waals surface area contributed by atoms with Crippen LogP contribution >= 0.6 is 0 Å². The van der Waals surface area contributed by atoms with E-state index in [4.69, 9.17) is 5.11 Å². The van der Waals surface area contributed by atoms with Gasteiger partial charge in [-0.3, -0.25) is 4.79 Å². The van der Waals surface area contributed by atoms with Gasteiger partial charge < -0.3 is 10.4 Å². The third-order valence-electron chi connectivity index (χ3n) is 1.60. The van der Waals surface area contributed by atoms with Crippen LogP contribution in [0.15, 0.2) is 11.8 Å². The minimum absolute atomic E-state index is 0.0540. The van der Waals surface area contributed by atoms with Crippen molar-refractivity contribution in [2.24, 2.45) is 5.92 Å². The highest BCUT2D eigenvalue weighted by Gasteiger charge is 2.20. The molecule has 0 bridgehead atoms. The van der Waals surface area contributed by atoms with Crippen LogP contribution in [0.3, 0.4) is 0 Å². The number of nitrogens with one attached hydrogen (secondary N) is 1. The second kappa shape index (κ2) is 3.42. The lowest BCUT2D eigenvalue weighted by Gasteiger charge is -1.98. The lowest BCUT2D eigenvalue weighted by Crippen LogP contribution is -2.23. The Labute approximate surface area is 66.1 Å². The smallest absolute Gasteiger partial charge is 0.247 e. The maximum atomic E-state index is 10.8. The molecule has 0 aliphatic heterocycles. The third-order valence-corrected chi connectivity index (χ3v) is 1.60. The van der Waals surface area contributed by atoms with Gasteiger partial charge in [-0.05, 0) is 25.7 Å². The van der Waals surface area contributed by atoms with Crippen molar-refractivity contribution in [2.45, 2.75) is 19.8 Å². The van der Waals surface area contributed by atoms with E-state index in [-0.39, 0.29) is 11.7 Å². The lowest BCUT2D eigenvalue weighted by atomic mass is 10.4. The van der Waals surface area contributed by atoms with E-state index in [2.05, 4.69) is 5.32 Å². The largest absolute Gasteiger partial charge is 0.512 e. The zero-order valence-corrected chi connectivity index (χ0v) is 6.63. The highest BCUT2D eigenvalue weighted by molar-refractivity contribution is 5.87. The number of carbonyl (C=O) groups excluding carboxylic acids is 1. The van der Waals surface area contributed by atoms with E-state index in [9.17, 15) is 4.79 Å². The van der Waals surface area contributed by atoms with Crippen LogP contribution in [-0.2, 0) is 4.79 Å². The summed E-state index contributed by atoms with van der Waals surface area (Å²) in [5.74, 6) is 0.543. The van der Waals surface area contributed by atoms with Crippen LogP contribution in [0.4, 0.5) is 0 Å². The molecule has 0 aromatic heterocycles. The molecule has 3 nitrogen and oxygen atoms in total. The summed E-state index contributed by atoms with van der Waals surface area (Å²) < 4.78 is 0. The van der Waals surface area contributed by atoms with Gasteiger partial charge in [0.1, 0.15) is 0 Å². The number of aliphatic hydroxyl groups excluding tert-OH is 1. The summed E-state index contributed by atoms with van der Waals surface area (Å²) >= 11 is 0. The van der Waals surface area contributed by atoms with Gasteiger partial charge in [0, 0.05) is 12.6 Å². The average molecular weight is 155 g/mol. The fourth-order valence-corrected chi connectivity index (χ4v) is 0.808. The number of allylic oxidation sites excluding steroid dienone is 1. The van der Waals surface area contributed by atoms with E-state index in [0.29, 0.717) is 5.92 Å². The van der Waals surface area contributed by atoms with E-state index in [1.807, 2.05) is 0 Å². The lowest BCUT2D eigenvalue weighted by molar-refractivity contribution is -0.116. The zero-order valence-electron chi connectivity index (χ0n) is 6.63. The van der Waals surface area contributed by atoms with Crippen LogP contribution < -0.4 is 5.32 Å². The molecule has 11 heavy (non-hydrogen) atoms. The van der Waals surface area contributed by atoms with Crippen molar-refractivity contribution < 1.29 is 9.90 Å². The molecule has 62 valence electrons. The van der Waals surface area contributed by atoms with Crippen molar-refractivity contribution in [1.82, 2.24) is 5.32 Å². The summed E-state index contributed by atoms with van der Waals surface area (Å²) in [6.45, 7) is 2.24. The third kappa shape index (κ3) is 3.65. The van der Waals surface area contributed by atoms with Gasteiger partial charge in [-0.2, -0.15) is 0 Å². The number of hydrogen-bond acceptors (Lipinski definition) is 2. The maximum absolute atomic E-state index is 10.8. The van der Waals surface area contributed by atoms with Gasteiger partial charge >= 0.3 is 0 Å².